The molecule has 3 aromatic rings. The van der Waals surface area contributed by atoms with E-state index in [4.69, 9.17) is 5.73 Å². The van der Waals surface area contributed by atoms with Gasteiger partial charge in [0.2, 0.25) is 5.91 Å². The van der Waals surface area contributed by atoms with Crippen LogP contribution in [0.1, 0.15) is 35.7 Å². The van der Waals surface area contributed by atoms with E-state index in [9.17, 15) is 9.59 Å². The van der Waals surface area contributed by atoms with Gasteiger partial charge in [-0.2, -0.15) is 0 Å². The third kappa shape index (κ3) is 4.98. The van der Waals surface area contributed by atoms with Crippen molar-refractivity contribution >= 4 is 34.5 Å². The fourth-order valence-corrected chi connectivity index (χ4v) is 3.47. The molecule has 28 heavy (non-hydrogen) atoms. The Morgan fingerprint density at radius 1 is 1.07 bits per heavy atom. The van der Waals surface area contributed by atoms with Gasteiger partial charge in [-0.25, -0.2) is 0 Å². The van der Waals surface area contributed by atoms with E-state index in [1.54, 1.807) is 29.5 Å². The summed E-state index contributed by atoms with van der Waals surface area (Å²) in [6, 6.07) is 16.8. The molecule has 0 aliphatic rings. The molecule has 3 rings (SSSR count). The van der Waals surface area contributed by atoms with E-state index in [1.807, 2.05) is 48.7 Å². The standard InChI is InChI=1S/C22H23N3O2S/c1-2-4-21(26)24-14-15-6-8-16(9-7-15)22(27)25-19-13-17(10-11-18(19)23)20-5-3-12-28-20/h3,5-13H,2,4,14,23H2,1H3,(H,24,26)(H,25,27). The van der Waals surface area contributed by atoms with E-state index in [1.165, 1.54) is 0 Å². The molecule has 144 valence electrons. The number of carbonyl (C=O) groups is 2. The minimum absolute atomic E-state index is 0.0328. The molecule has 1 heterocycles. The SMILES string of the molecule is CCCC(=O)NCc1ccc(C(=O)Nc2cc(-c3cccs3)ccc2N)cc1. The lowest BCUT2D eigenvalue weighted by Gasteiger charge is -2.11. The van der Waals surface area contributed by atoms with Crippen LogP contribution in [0.5, 0.6) is 0 Å². The highest BCUT2D eigenvalue weighted by Gasteiger charge is 2.10. The van der Waals surface area contributed by atoms with Crippen molar-refractivity contribution < 1.29 is 9.59 Å². The highest BCUT2D eigenvalue weighted by Crippen LogP contribution is 2.30. The average molecular weight is 394 g/mol. The van der Waals surface area contributed by atoms with Crippen molar-refractivity contribution in [1.29, 1.82) is 0 Å². The van der Waals surface area contributed by atoms with E-state index < -0.39 is 0 Å². The number of anilines is 2. The van der Waals surface area contributed by atoms with Crippen LogP contribution < -0.4 is 16.4 Å². The molecule has 0 bridgehead atoms. The summed E-state index contributed by atoms with van der Waals surface area (Å²) < 4.78 is 0. The van der Waals surface area contributed by atoms with Gasteiger partial charge in [0.25, 0.3) is 5.91 Å². The van der Waals surface area contributed by atoms with Crippen molar-refractivity contribution in [2.45, 2.75) is 26.3 Å². The van der Waals surface area contributed by atoms with E-state index in [2.05, 4.69) is 10.6 Å². The molecule has 0 saturated carbocycles. The van der Waals surface area contributed by atoms with Crippen molar-refractivity contribution in [3.8, 4) is 10.4 Å². The molecule has 4 N–H and O–H groups in total. The van der Waals surface area contributed by atoms with Crippen molar-refractivity contribution in [2.75, 3.05) is 11.1 Å². The third-order valence-corrected chi connectivity index (χ3v) is 5.21. The van der Waals surface area contributed by atoms with Crippen LogP contribution >= 0.6 is 11.3 Å². The lowest BCUT2D eigenvalue weighted by molar-refractivity contribution is -0.121. The Hall–Kier alpha value is -3.12. The second kappa shape index (κ2) is 9.19. The first-order valence-electron chi connectivity index (χ1n) is 9.17. The molecule has 0 fully saturated rings. The minimum Gasteiger partial charge on any atom is -0.397 e. The summed E-state index contributed by atoms with van der Waals surface area (Å²) in [5, 5.41) is 7.76. The van der Waals surface area contributed by atoms with Crippen LogP contribution in [0.25, 0.3) is 10.4 Å². The van der Waals surface area contributed by atoms with Crippen molar-refractivity contribution in [3.05, 3.63) is 71.1 Å². The highest BCUT2D eigenvalue weighted by molar-refractivity contribution is 7.13. The summed E-state index contributed by atoms with van der Waals surface area (Å²) in [7, 11) is 0. The van der Waals surface area contributed by atoms with E-state index in [0.717, 1.165) is 22.4 Å². The van der Waals surface area contributed by atoms with Gasteiger partial charge in [0.1, 0.15) is 0 Å². The van der Waals surface area contributed by atoms with Crippen molar-refractivity contribution in [3.63, 3.8) is 0 Å². The maximum atomic E-state index is 12.6. The molecule has 2 amide bonds. The average Bonchev–Trinajstić information content (AvgIpc) is 3.23. The minimum atomic E-state index is -0.225. The second-order valence-corrected chi connectivity index (χ2v) is 7.40. The number of nitrogen functional groups attached to an aromatic ring is 1. The Morgan fingerprint density at radius 3 is 2.54 bits per heavy atom. The lowest BCUT2D eigenvalue weighted by atomic mass is 10.1. The summed E-state index contributed by atoms with van der Waals surface area (Å²) in [6.45, 7) is 2.42. The van der Waals surface area contributed by atoms with Crippen LogP contribution in [-0.2, 0) is 11.3 Å². The number of thiophene rings is 1. The van der Waals surface area contributed by atoms with Gasteiger partial charge in [0.05, 0.1) is 11.4 Å². The summed E-state index contributed by atoms with van der Waals surface area (Å²) in [5.74, 6) is -0.193. The zero-order valence-corrected chi connectivity index (χ0v) is 16.5. The number of rotatable bonds is 7. The Kier molecular flexibility index (Phi) is 6.45. The van der Waals surface area contributed by atoms with E-state index in [-0.39, 0.29) is 11.8 Å². The van der Waals surface area contributed by atoms with Gasteiger partial charge < -0.3 is 16.4 Å². The zero-order valence-electron chi connectivity index (χ0n) is 15.7. The number of nitrogens with one attached hydrogen (secondary N) is 2. The smallest absolute Gasteiger partial charge is 0.255 e. The van der Waals surface area contributed by atoms with Gasteiger partial charge in [0, 0.05) is 23.4 Å². The molecule has 2 aromatic carbocycles. The molecule has 1 aromatic heterocycles. The molecule has 0 aliphatic carbocycles. The molecular weight excluding hydrogens is 370 g/mol. The molecule has 0 aliphatic heterocycles. The van der Waals surface area contributed by atoms with Gasteiger partial charge in [-0.15, -0.1) is 11.3 Å². The quantitative estimate of drug-likeness (QED) is 0.510. The molecule has 0 unspecified atom stereocenters. The first kappa shape index (κ1) is 19.6. The normalized spacial score (nSPS) is 10.5. The van der Waals surface area contributed by atoms with Crippen LogP contribution in [0.3, 0.4) is 0 Å². The molecule has 0 radical (unpaired) electrons. The summed E-state index contributed by atoms with van der Waals surface area (Å²) in [6.07, 6.45) is 1.34. The number of nitrogens with two attached hydrogens (primary N) is 1. The number of hydrogen-bond donors (Lipinski definition) is 3. The third-order valence-electron chi connectivity index (χ3n) is 4.29. The monoisotopic (exact) mass is 393 g/mol. The molecule has 0 spiro atoms. The van der Waals surface area contributed by atoms with Gasteiger partial charge in [-0.05, 0) is 53.3 Å². The van der Waals surface area contributed by atoms with E-state index in [0.29, 0.717) is 29.9 Å². The van der Waals surface area contributed by atoms with Gasteiger partial charge >= 0.3 is 0 Å². The largest absolute Gasteiger partial charge is 0.397 e. The molecule has 0 saturated heterocycles. The Labute approximate surface area is 168 Å². The first-order chi connectivity index (χ1) is 13.6. The van der Waals surface area contributed by atoms with Crippen LogP contribution in [0.4, 0.5) is 11.4 Å². The van der Waals surface area contributed by atoms with Gasteiger partial charge in [-0.3, -0.25) is 9.59 Å². The number of hydrogen-bond acceptors (Lipinski definition) is 4. The van der Waals surface area contributed by atoms with Crippen molar-refractivity contribution in [1.82, 2.24) is 5.32 Å². The molecule has 5 nitrogen and oxygen atoms in total. The molecular formula is C22H23N3O2S. The Bertz CT molecular complexity index is 950. The van der Waals surface area contributed by atoms with Crippen LogP contribution in [0, 0.1) is 0 Å². The molecule has 6 heteroatoms. The Morgan fingerprint density at radius 2 is 1.86 bits per heavy atom. The maximum Gasteiger partial charge on any atom is 0.255 e. The van der Waals surface area contributed by atoms with Crippen molar-refractivity contribution in [2.24, 2.45) is 0 Å². The predicted octanol–water partition coefficient (Wildman–Crippen LogP) is 4.67. The van der Waals surface area contributed by atoms with Crippen LogP contribution in [-0.4, -0.2) is 11.8 Å². The van der Waals surface area contributed by atoms with Crippen LogP contribution in [0.15, 0.2) is 60.0 Å². The number of benzene rings is 2. The van der Waals surface area contributed by atoms with Gasteiger partial charge in [-0.1, -0.05) is 31.2 Å². The zero-order chi connectivity index (χ0) is 19.9. The summed E-state index contributed by atoms with van der Waals surface area (Å²) in [5.41, 5.74) is 9.63. The number of carbonyl (C=O) groups excluding carboxylic acids is 2. The predicted molar refractivity (Wildman–Crippen MR) is 115 cm³/mol. The Balaban J connectivity index is 1.66. The van der Waals surface area contributed by atoms with Crippen LogP contribution in [0.2, 0.25) is 0 Å². The second-order valence-electron chi connectivity index (χ2n) is 6.46. The fraction of sp³-hybridized carbons (Fsp3) is 0.182. The topological polar surface area (TPSA) is 84.2 Å². The summed E-state index contributed by atoms with van der Waals surface area (Å²) in [4.78, 5) is 25.3. The first-order valence-corrected chi connectivity index (χ1v) is 10.0. The number of amides is 2. The maximum absolute atomic E-state index is 12.6. The highest BCUT2D eigenvalue weighted by atomic mass is 32.1. The fourth-order valence-electron chi connectivity index (χ4n) is 2.75. The lowest BCUT2D eigenvalue weighted by Crippen LogP contribution is -2.22. The summed E-state index contributed by atoms with van der Waals surface area (Å²) >= 11 is 1.63. The molecule has 0 atom stereocenters. The van der Waals surface area contributed by atoms with Gasteiger partial charge in [0.15, 0.2) is 0 Å². The van der Waals surface area contributed by atoms with E-state index >= 15 is 0 Å².